The van der Waals surface area contributed by atoms with Gasteiger partial charge in [0.05, 0.1) is 17.1 Å². The topological polar surface area (TPSA) is 97.7 Å². The van der Waals surface area contributed by atoms with Crippen molar-refractivity contribution in [2.75, 3.05) is 33.4 Å². The number of methoxy groups -OCH3 is 1. The number of amides is 2. The maximum atomic E-state index is 14.1. The van der Waals surface area contributed by atoms with Crippen LogP contribution < -0.4 is 10.6 Å². The SMILES string of the molecule is COCCCn1c([C@@H]2CCCN(C(=O)C[C@@H](CNC(=O)OC(C)(C)C)NC3c4ccccc4-c4ccccc43)C2)nc2ccccc21. The molecule has 2 aliphatic rings. The first-order valence-electron chi connectivity index (χ1n) is 16.8. The largest absolute Gasteiger partial charge is 0.444 e. The van der Waals surface area contributed by atoms with Crippen LogP contribution in [-0.4, -0.2) is 71.4 Å². The molecule has 6 rings (SSSR count). The van der Waals surface area contributed by atoms with Gasteiger partial charge in [-0.1, -0.05) is 60.7 Å². The molecule has 9 nitrogen and oxygen atoms in total. The molecule has 1 saturated heterocycles. The predicted molar refractivity (Wildman–Crippen MR) is 184 cm³/mol. The van der Waals surface area contributed by atoms with Crippen LogP contribution in [0.25, 0.3) is 22.2 Å². The number of benzene rings is 3. The van der Waals surface area contributed by atoms with Crippen LogP contribution in [-0.2, 0) is 20.8 Å². The summed E-state index contributed by atoms with van der Waals surface area (Å²) in [5, 5.41) is 6.70. The van der Waals surface area contributed by atoms with Gasteiger partial charge in [0.25, 0.3) is 0 Å². The fraction of sp³-hybridized carbons (Fsp3) is 0.447. The summed E-state index contributed by atoms with van der Waals surface area (Å²) in [6.07, 6.45) is 2.54. The van der Waals surface area contributed by atoms with Gasteiger partial charge < -0.3 is 29.6 Å². The summed E-state index contributed by atoms with van der Waals surface area (Å²) in [7, 11) is 1.73. The molecule has 47 heavy (non-hydrogen) atoms. The van der Waals surface area contributed by atoms with Crippen LogP contribution in [0.3, 0.4) is 0 Å². The number of carbonyl (C=O) groups excluding carboxylic acids is 2. The van der Waals surface area contributed by atoms with Gasteiger partial charge in [-0.2, -0.15) is 0 Å². The van der Waals surface area contributed by atoms with Crippen LogP contribution in [0.15, 0.2) is 72.8 Å². The number of hydrogen-bond donors (Lipinski definition) is 2. The number of piperidine rings is 1. The molecule has 0 bridgehead atoms. The Kier molecular flexibility index (Phi) is 9.94. The van der Waals surface area contributed by atoms with E-state index < -0.39 is 11.7 Å². The van der Waals surface area contributed by atoms with E-state index in [1.165, 1.54) is 22.3 Å². The van der Waals surface area contributed by atoms with Gasteiger partial charge in [0.15, 0.2) is 0 Å². The summed E-state index contributed by atoms with van der Waals surface area (Å²) in [5.41, 5.74) is 6.23. The second kappa shape index (κ2) is 14.3. The number of imidazole rings is 1. The van der Waals surface area contributed by atoms with E-state index in [9.17, 15) is 9.59 Å². The van der Waals surface area contributed by atoms with Crippen LogP contribution in [0, 0.1) is 0 Å². The number of carbonyl (C=O) groups is 2. The highest BCUT2D eigenvalue weighted by Crippen LogP contribution is 2.43. The average molecular weight is 638 g/mol. The van der Waals surface area contributed by atoms with Crippen molar-refractivity contribution in [1.29, 1.82) is 0 Å². The highest BCUT2D eigenvalue weighted by Gasteiger charge is 2.33. The standard InChI is InChI=1S/C38H47N5O4/c1-38(2,3)47-37(45)39-24-27(40-35-30-16-7-5-14-28(30)29-15-6-8-17-31(29)35)23-34(44)42-20-11-13-26(25-42)36-41-32-18-9-10-19-33(32)43(36)21-12-22-46-4/h5-10,14-19,26-27,35,40H,11-13,20-25H2,1-4H3,(H,39,45)/t26-,27+/m1/s1. The number of alkyl carbamates (subject to hydrolysis) is 1. The fourth-order valence-electron chi connectivity index (χ4n) is 7.04. The number of hydrogen-bond acceptors (Lipinski definition) is 6. The summed E-state index contributed by atoms with van der Waals surface area (Å²) >= 11 is 0. The molecule has 2 amide bonds. The molecule has 1 aliphatic heterocycles. The number of ether oxygens (including phenoxy) is 2. The van der Waals surface area contributed by atoms with Gasteiger partial charge in [0.2, 0.25) is 5.91 Å². The van der Waals surface area contributed by atoms with Crippen molar-refractivity contribution >= 4 is 23.0 Å². The summed E-state index contributed by atoms with van der Waals surface area (Å²) < 4.78 is 13.2. The minimum Gasteiger partial charge on any atom is -0.444 e. The van der Waals surface area contributed by atoms with Crippen LogP contribution >= 0.6 is 0 Å². The Morgan fingerprint density at radius 2 is 1.66 bits per heavy atom. The van der Waals surface area contributed by atoms with E-state index in [0.29, 0.717) is 19.7 Å². The Morgan fingerprint density at radius 1 is 0.979 bits per heavy atom. The number of nitrogens with one attached hydrogen (secondary N) is 2. The highest BCUT2D eigenvalue weighted by molar-refractivity contribution is 5.80. The lowest BCUT2D eigenvalue weighted by molar-refractivity contribution is -0.133. The molecule has 2 heterocycles. The lowest BCUT2D eigenvalue weighted by Gasteiger charge is -2.34. The van der Waals surface area contributed by atoms with Gasteiger partial charge in [0, 0.05) is 58.3 Å². The highest BCUT2D eigenvalue weighted by atomic mass is 16.6. The zero-order chi connectivity index (χ0) is 33.0. The Labute approximate surface area is 277 Å². The lowest BCUT2D eigenvalue weighted by atomic mass is 9.96. The Morgan fingerprint density at radius 3 is 2.36 bits per heavy atom. The second-order valence-corrected chi connectivity index (χ2v) is 13.7. The van der Waals surface area contributed by atoms with Gasteiger partial charge in [-0.15, -0.1) is 0 Å². The molecule has 2 atom stereocenters. The minimum absolute atomic E-state index is 0.0693. The average Bonchev–Trinajstić information content (AvgIpc) is 3.59. The monoisotopic (exact) mass is 637 g/mol. The van der Waals surface area contributed by atoms with Gasteiger partial charge in [-0.3, -0.25) is 4.79 Å². The van der Waals surface area contributed by atoms with E-state index in [0.717, 1.165) is 42.7 Å². The summed E-state index contributed by atoms with van der Waals surface area (Å²) in [5.74, 6) is 1.25. The first-order valence-corrected chi connectivity index (χ1v) is 16.8. The smallest absolute Gasteiger partial charge is 0.407 e. The number of aryl methyl sites for hydroxylation is 1. The van der Waals surface area contributed by atoms with Crippen molar-refractivity contribution in [3.05, 3.63) is 89.7 Å². The molecular weight excluding hydrogens is 590 g/mol. The van der Waals surface area contributed by atoms with E-state index >= 15 is 0 Å². The molecule has 0 radical (unpaired) electrons. The zero-order valence-corrected chi connectivity index (χ0v) is 28.0. The first kappa shape index (κ1) is 32.7. The lowest BCUT2D eigenvalue weighted by Crippen LogP contribution is -2.48. The fourth-order valence-corrected chi connectivity index (χ4v) is 7.04. The van der Waals surface area contributed by atoms with Crippen LogP contribution in [0.5, 0.6) is 0 Å². The van der Waals surface area contributed by atoms with E-state index in [2.05, 4.69) is 81.9 Å². The third-order valence-electron chi connectivity index (χ3n) is 9.10. The van der Waals surface area contributed by atoms with Crippen molar-refractivity contribution < 1.29 is 19.1 Å². The first-order chi connectivity index (χ1) is 22.7. The predicted octanol–water partition coefficient (Wildman–Crippen LogP) is 6.42. The second-order valence-electron chi connectivity index (χ2n) is 13.7. The minimum atomic E-state index is -0.616. The van der Waals surface area contributed by atoms with Crippen LogP contribution in [0.4, 0.5) is 4.79 Å². The number of nitrogens with zero attached hydrogens (tertiary/aromatic N) is 3. The van der Waals surface area contributed by atoms with Crippen molar-refractivity contribution in [3.8, 4) is 11.1 Å². The van der Waals surface area contributed by atoms with Crippen molar-refractivity contribution in [3.63, 3.8) is 0 Å². The third kappa shape index (κ3) is 7.52. The Bertz CT molecular complexity index is 1660. The zero-order valence-electron chi connectivity index (χ0n) is 28.0. The van der Waals surface area contributed by atoms with E-state index in [1.54, 1.807) is 7.11 Å². The number of fused-ring (bicyclic) bond motifs is 4. The molecule has 3 aromatic carbocycles. The van der Waals surface area contributed by atoms with E-state index in [4.69, 9.17) is 14.5 Å². The molecule has 2 N–H and O–H groups in total. The molecule has 1 aromatic heterocycles. The van der Waals surface area contributed by atoms with E-state index in [-0.39, 0.29) is 36.9 Å². The molecule has 9 heteroatoms. The molecule has 248 valence electrons. The van der Waals surface area contributed by atoms with Crippen LogP contribution in [0.2, 0.25) is 0 Å². The van der Waals surface area contributed by atoms with Crippen molar-refractivity contribution in [2.24, 2.45) is 0 Å². The van der Waals surface area contributed by atoms with Gasteiger partial charge in [-0.05, 0) is 74.4 Å². The van der Waals surface area contributed by atoms with Gasteiger partial charge >= 0.3 is 6.09 Å². The summed E-state index contributed by atoms with van der Waals surface area (Å²) in [6, 6.07) is 24.6. The molecule has 0 saturated carbocycles. The normalized spacial score (nSPS) is 16.9. The Hall–Kier alpha value is -4.21. The van der Waals surface area contributed by atoms with Crippen LogP contribution in [0.1, 0.15) is 75.4 Å². The molecule has 1 aliphatic carbocycles. The van der Waals surface area contributed by atoms with Gasteiger partial charge in [-0.25, -0.2) is 9.78 Å². The molecule has 0 unspecified atom stereocenters. The maximum absolute atomic E-state index is 14.1. The maximum Gasteiger partial charge on any atom is 0.407 e. The van der Waals surface area contributed by atoms with Gasteiger partial charge in [0.1, 0.15) is 11.4 Å². The number of rotatable bonds is 11. The molecule has 1 fully saturated rings. The Balaban J connectivity index is 1.21. The van der Waals surface area contributed by atoms with Crippen molar-refractivity contribution in [2.45, 2.75) is 76.6 Å². The van der Waals surface area contributed by atoms with Crippen molar-refractivity contribution in [1.82, 2.24) is 25.1 Å². The molecule has 4 aromatic rings. The number of para-hydroxylation sites is 2. The molecular formula is C38H47N5O4. The summed E-state index contributed by atoms with van der Waals surface area (Å²) in [6.45, 7) is 8.62. The van der Waals surface area contributed by atoms with E-state index in [1.807, 2.05) is 31.7 Å². The number of likely N-dealkylation sites (tertiary alicyclic amines) is 1. The quantitative estimate of drug-likeness (QED) is 0.184. The molecule has 0 spiro atoms. The third-order valence-corrected chi connectivity index (χ3v) is 9.10. The number of aromatic nitrogens is 2. The summed E-state index contributed by atoms with van der Waals surface area (Å²) in [4.78, 5) is 33.9.